The molecule has 0 atom stereocenters. The average Bonchev–Trinajstić information content (AvgIpc) is 2.96. The average molecular weight is 614 g/mol. The van der Waals surface area contributed by atoms with Gasteiger partial charge >= 0.3 is 0 Å². The molecule has 2 N–H and O–H groups in total. The van der Waals surface area contributed by atoms with E-state index >= 15 is 0 Å². The van der Waals surface area contributed by atoms with Gasteiger partial charge in [0.05, 0.1) is 35.4 Å². The quantitative estimate of drug-likeness (QED) is 0.249. The highest BCUT2D eigenvalue weighted by Gasteiger charge is 2.27. The molecular formula is C29H28FN3O7S2. The first-order chi connectivity index (χ1) is 19.9. The summed E-state index contributed by atoms with van der Waals surface area (Å²) in [7, 11) is -5.37. The molecule has 0 spiro atoms. The Morgan fingerprint density at radius 3 is 2.02 bits per heavy atom. The lowest BCUT2D eigenvalue weighted by Crippen LogP contribution is -2.38. The van der Waals surface area contributed by atoms with Crippen molar-refractivity contribution < 1.29 is 35.5 Å². The molecule has 0 unspecified atom stereocenters. The molecule has 0 radical (unpaired) electrons. The van der Waals surface area contributed by atoms with Crippen molar-refractivity contribution in [3.8, 4) is 11.5 Å². The number of ether oxygens (including phenoxy) is 2. The number of nitrogens with zero attached hydrogens (tertiary/aromatic N) is 1. The normalized spacial score (nSPS) is 11.4. The fourth-order valence-electron chi connectivity index (χ4n) is 3.95. The first-order valence-corrected chi connectivity index (χ1v) is 15.3. The van der Waals surface area contributed by atoms with Gasteiger partial charge in [0.1, 0.15) is 23.9 Å². The maximum Gasteiger partial charge on any atom is 0.264 e. The lowest BCUT2D eigenvalue weighted by atomic mass is 10.2. The Bertz CT molecular complexity index is 1780. The molecule has 4 aromatic carbocycles. The van der Waals surface area contributed by atoms with Gasteiger partial charge in [0.15, 0.2) is 0 Å². The van der Waals surface area contributed by atoms with E-state index in [1.807, 2.05) is 6.92 Å². The topological polar surface area (TPSA) is 131 Å². The van der Waals surface area contributed by atoms with Crippen molar-refractivity contribution in [1.29, 1.82) is 0 Å². The first kappa shape index (κ1) is 30.3. The predicted molar refractivity (Wildman–Crippen MR) is 158 cm³/mol. The molecule has 10 nitrogen and oxygen atoms in total. The van der Waals surface area contributed by atoms with Crippen LogP contribution in [0.5, 0.6) is 11.5 Å². The van der Waals surface area contributed by atoms with Crippen LogP contribution < -0.4 is 23.8 Å². The lowest BCUT2D eigenvalue weighted by molar-refractivity contribution is -0.114. The molecule has 0 aliphatic carbocycles. The second-order valence-corrected chi connectivity index (χ2v) is 12.6. The number of amides is 1. The number of aryl methyl sites for hydroxylation is 1. The van der Waals surface area contributed by atoms with E-state index in [0.29, 0.717) is 11.5 Å². The van der Waals surface area contributed by atoms with Crippen molar-refractivity contribution in [1.82, 2.24) is 0 Å². The molecule has 13 heteroatoms. The minimum absolute atomic E-state index is 0.0703. The zero-order valence-corrected chi connectivity index (χ0v) is 24.5. The molecule has 0 saturated heterocycles. The number of hydrogen-bond donors (Lipinski definition) is 2. The Kier molecular flexibility index (Phi) is 9.02. The summed E-state index contributed by atoms with van der Waals surface area (Å²) in [6.45, 7) is 1.17. The first-order valence-electron chi connectivity index (χ1n) is 12.4. The van der Waals surface area contributed by atoms with Crippen LogP contribution in [0.2, 0.25) is 0 Å². The number of hydrogen-bond acceptors (Lipinski definition) is 7. The summed E-state index contributed by atoms with van der Waals surface area (Å²) >= 11 is 0. The van der Waals surface area contributed by atoms with Gasteiger partial charge in [-0.3, -0.25) is 13.8 Å². The molecule has 42 heavy (non-hydrogen) atoms. The molecular weight excluding hydrogens is 585 g/mol. The van der Waals surface area contributed by atoms with Crippen LogP contribution >= 0.6 is 0 Å². The number of halogens is 1. The largest absolute Gasteiger partial charge is 0.497 e. The third kappa shape index (κ3) is 6.98. The minimum atomic E-state index is -4.25. The molecule has 220 valence electrons. The van der Waals surface area contributed by atoms with Crippen LogP contribution in [-0.4, -0.2) is 43.5 Å². The molecule has 0 heterocycles. The number of rotatable bonds is 11. The Morgan fingerprint density at radius 2 is 1.43 bits per heavy atom. The molecule has 0 aliphatic heterocycles. The summed E-state index contributed by atoms with van der Waals surface area (Å²) in [5.41, 5.74) is 1.40. The van der Waals surface area contributed by atoms with E-state index in [-0.39, 0.29) is 26.9 Å². The zero-order valence-electron chi connectivity index (χ0n) is 22.9. The highest BCUT2D eigenvalue weighted by atomic mass is 32.2. The van der Waals surface area contributed by atoms with Crippen molar-refractivity contribution in [2.75, 3.05) is 35.1 Å². The Morgan fingerprint density at radius 1 is 0.810 bits per heavy atom. The van der Waals surface area contributed by atoms with Crippen molar-refractivity contribution in [3.63, 3.8) is 0 Å². The van der Waals surface area contributed by atoms with Crippen LogP contribution in [0.3, 0.4) is 0 Å². The highest BCUT2D eigenvalue weighted by Crippen LogP contribution is 2.29. The summed E-state index contributed by atoms with van der Waals surface area (Å²) in [6.07, 6.45) is 0. The fraction of sp³-hybridized carbons (Fsp3) is 0.138. The third-order valence-corrected chi connectivity index (χ3v) is 9.27. The summed E-state index contributed by atoms with van der Waals surface area (Å²) in [5.74, 6) is -0.493. The van der Waals surface area contributed by atoms with Crippen LogP contribution in [0.25, 0.3) is 0 Å². The van der Waals surface area contributed by atoms with Gasteiger partial charge in [0.2, 0.25) is 5.91 Å². The molecule has 4 aromatic rings. The van der Waals surface area contributed by atoms with Crippen molar-refractivity contribution in [2.45, 2.75) is 16.7 Å². The Labute approximate surface area is 243 Å². The monoisotopic (exact) mass is 613 g/mol. The third-order valence-electron chi connectivity index (χ3n) is 6.10. The summed E-state index contributed by atoms with van der Waals surface area (Å²) < 4.78 is 80.2. The van der Waals surface area contributed by atoms with Gasteiger partial charge in [0, 0.05) is 5.69 Å². The SMILES string of the molecule is COc1ccc(S(=O)(=O)N(CC(=O)Nc2ccc(S(=O)(=O)Nc3cc(C)ccc3OC)cc2)c2ccc(F)cc2)cc1. The van der Waals surface area contributed by atoms with Gasteiger partial charge in [-0.1, -0.05) is 6.07 Å². The molecule has 0 aromatic heterocycles. The number of methoxy groups -OCH3 is 2. The van der Waals surface area contributed by atoms with Crippen LogP contribution in [0, 0.1) is 12.7 Å². The van der Waals surface area contributed by atoms with Gasteiger partial charge in [-0.05, 0) is 97.4 Å². The van der Waals surface area contributed by atoms with Crippen LogP contribution in [0.1, 0.15) is 5.56 Å². The highest BCUT2D eigenvalue weighted by molar-refractivity contribution is 7.93. The molecule has 0 saturated carbocycles. The number of sulfonamides is 2. The van der Waals surface area contributed by atoms with E-state index in [9.17, 15) is 26.0 Å². The fourth-order valence-corrected chi connectivity index (χ4v) is 6.43. The van der Waals surface area contributed by atoms with Gasteiger partial charge in [-0.25, -0.2) is 21.2 Å². The maximum atomic E-state index is 13.6. The smallest absolute Gasteiger partial charge is 0.264 e. The lowest BCUT2D eigenvalue weighted by Gasteiger charge is -2.24. The van der Waals surface area contributed by atoms with Crippen molar-refractivity contribution >= 4 is 43.0 Å². The predicted octanol–water partition coefficient (Wildman–Crippen LogP) is 4.79. The molecule has 4 rings (SSSR count). The molecule has 0 aliphatic rings. The number of nitrogens with one attached hydrogen (secondary N) is 2. The van der Waals surface area contributed by atoms with Crippen LogP contribution in [-0.2, 0) is 24.8 Å². The number of carbonyl (C=O) groups excluding carboxylic acids is 1. The number of benzene rings is 4. The summed E-state index contributed by atoms with van der Waals surface area (Å²) in [6, 6.07) is 20.7. The standard InChI is InChI=1S/C29H28FN3O7S2/c1-20-4-17-28(40-3)27(18-20)32-41(35,36)25-13-7-22(8-14-25)31-29(34)19-33(23-9-5-21(30)6-10-23)42(37,38)26-15-11-24(39-2)12-16-26/h4-18,32H,19H2,1-3H3,(H,31,34). The van der Waals surface area contributed by atoms with Crippen LogP contribution in [0.4, 0.5) is 21.5 Å². The van der Waals surface area contributed by atoms with Gasteiger partial charge in [-0.15, -0.1) is 0 Å². The Balaban J connectivity index is 1.53. The van der Waals surface area contributed by atoms with Crippen molar-refractivity contribution in [2.24, 2.45) is 0 Å². The minimum Gasteiger partial charge on any atom is -0.497 e. The van der Waals surface area contributed by atoms with E-state index in [1.165, 1.54) is 74.9 Å². The van der Waals surface area contributed by atoms with Gasteiger partial charge in [-0.2, -0.15) is 0 Å². The van der Waals surface area contributed by atoms with Crippen LogP contribution in [0.15, 0.2) is 101 Å². The van der Waals surface area contributed by atoms with E-state index in [4.69, 9.17) is 9.47 Å². The van der Waals surface area contributed by atoms with E-state index in [2.05, 4.69) is 10.0 Å². The maximum absolute atomic E-state index is 13.6. The van der Waals surface area contributed by atoms with E-state index in [0.717, 1.165) is 22.0 Å². The van der Waals surface area contributed by atoms with Gasteiger partial charge in [0.25, 0.3) is 20.0 Å². The molecule has 0 bridgehead atoms. The van der Waals surface area contributed by atoms with E-state index < -0.39 is 38.3 Å². The Hall–Kier alpha value is -4.62. The zero-order chi connectivity index (χ0) is 30.5. The molecule has 0 fully saturated rings. The summed E-state index contributed by atoms with van der Waals surface area (Å²) in [5, 5.41) is 2.58. The second kappa shape index (κ2) is 12.5. The second-order valence-electron chi connectivity index (χ2n) is 9.05. The number of anilines is 3. The molecule has 1 amide bonds. The summed E-state index contributed by atoms with van der Waals surface area (Å²) in [4.78, 5) is 12.8. The van der Waals surface area contributed by atoms with Crippen molar-refractivity contribution in [3.05, 3.63) is 102 Å². The van der Waals surface area contributed by atoms with Gasteiger partial charge < -0.3 is 14.8 Å². The number of carbonyl (C=O) groups is 1. The van der Waals surface area contributed by atoms with E-state index in [1.54, 1.807) is 18.2 Å².